The summed E-state index contributed by atoms with van der Waals surface area (Å²) in [7, 11) is 1.63. The van der Waals surface area contributed by atoms with E-state index in [1.807, 2.05) is 60.7 Å². The Morgan fingerprint density at radius 3 is 2.49 bits per heavy atom. The fourth-order valence-electron chi connectivity index (χ4n) is 6.47. The number of nitro groups is 1. The molecule has 1 aliphatic carbocycles. The molecule has 4 atom stereocenters. The largest absolute Gasteiger partial charge is 0.497 e. The van der Waals surface area contributed by atoms with Crippen molar-refractivity contribution in [3.63, 3.8) is 0 Å². The Hall–Kier alpha value is -3.49. The first-order chi connectivity index (χ1) is 17.1. The zero-order valence-electron chi connectivity index (χ0n) is 19.0. The highest BCUT2D eigenvalue weighted by atomic mass is 32.2. The maximum Gasteiger partial charge on any atom is 0.238 e. The van der Waals surface area contributed by atoms with E-state index in [4.69, 9.17) is 14.7 Å². The maximum atomic E-state index is 12.7. The number of nitrogens with zero attached hydrogens (tertiary/aromatic N) is 4. The minimum Gasteiger partial charge on any atom is -0.497 e. The molecular weight excluding hydrogens is 460 g/mol. The number of hydrogen-bond donors (Lipinski definition) is 0. The van der Waals surface area contributed by atoms with Gasteiger partial charge in [0, 0.05) is 22.1 Å². The van der Waals surface area contributed by atoms with Crippen LogP contribution in [0.3, 0.4) is 0 Å². The van der Waals surface area contributed by atoms with Gasteiger partial charge in [0.25, 0.3) is 0 Å². The highest BCUT2D eigenvalue weighted by Gasteiger charge is 2.70. The van der Waals surface area contributed by atoms with Gasteiger partial charge in [-0.15, -0.1) is 11.8 Å². The van der Waals surface area contributed by atoms with Crippen molar-refractivity contribution in [3.05, 3.63) is 99.7 Å². The van der Waals surface area contributed by atoms with Crippen LogP contribution in [0.25, 0.3) is 22.3 Å². The minimum atomic E-state index is -0.774. The first-order valence-electron chi connectivity index (χ1n) is 11.6. The van der Waals surface area contributed by atoms with Gasteiger partial charge in [-0.25, -0.2) is 9.97 Å². The second-order valence-corrected chi connectivity index (χ2v) is 10.3. The van der Waals surface area contributed by atoms with E-state index >= 15 is 0 Å². The highest BCUT2D eigenvalue weighted by Crippen LogP contribution is 2.64. The molecule has 7 nitrogen and oxygen atoms in total. The minimum absolute atomic E-state index is 0.0672. The second kappa shape index (κ2) is 7.50. The molecule has 0 N–H and O–H groups in total. The number of aromatic nitrogens is 2. The monoisotopic (exact) mass is 482 g/mol. The van der Waals surface area contributed by atoms with Crippen LogP contribution in [-0.2, 0) is 5.54 Å². The van der Waals surface area contributed by atoms with Crippen LogP contribution in [0, 0.1) is 10.1 Å². The molecule has 8 heteroatoms. The van der Waals surface area contributed by atoms with Crippen LogP contribution in [0.4, 0.5) is 0 Å². The van der Waals surface area contributed by atoms with Crippen molar-refractivity contribution in [1.82, 2.24) is 14.9 Å². The Labute approximate surface area is 206 Å². The quantitative estimate of drug-likeness (QED) is 0.310. The molecule has 0 bridgehead atoms. The van der Waals surface area contributed by atoms with Gasteiger partial charge in [-0.1, -0.05) is 48.5 Å². The molecule has 2 aliphatic heterocycles. The van der Waals surface area contributed by atoms with Crippen LogP contribution >= 0.6 is 11.8 Å². The molecule has 3 heterocycles. The number of fused-ring (bicyclic) bond motifs is 8. The molecule has 35 heavy (non-hydrogen) atoms. The van der Waals surface area contributed by atoms with E-state index in [0.717, 1.165) is 50.6 Å². The molecule has 0 saturated carbocycles. The fraction of sp³-hybridized carbons (Fsp3) is 0.259. The van der Waals surface area contributed by atoms with E-state index in [0.29, 0.717) is 5.88 Å². The molecule has 2 fully saturated rings. The molecule has 3 aliphatic rings. The van der Waals surface area contributed by atoms with E-state index < -0.39 is 17.5 Å². The normalized spacial score (nSPS) is 26.6. The second-order valence-electron chi connectivity index (χ2n) is 9.29. The molecule has 1 spiro atoms. The molecule has 0 amide bonds. The summed E-state index contributed by atoms with van der Waals surface area (Å²) in [6.07, 6.45) is 0. The van der Waals surface area contributed by atoms with Crippen LogP contribution < -0.4 is 4.74 Å². The predicted molar refractivity (Wildman–Crippen MR) is 135 cm³/mol. The molecule has 2 saturated heterocycles. The smallest absolute Gasteiger partial charge is 0.238 e. The van der Waals surface area contributed by atoms with E-state index in [1.165, 1.54) is 0 Å². The molecule has 0 radical (unpaired) electrons. The summed E-state index contributed by atoms with van der Waals surface area (Å²) >= 11 is 1.76. The van der Waals surface area contributed by atoms with Gasteiger partial charge in [-0.3, -0.25) is 15.0 Å². The van der Waals surface area contributed by atoms with Crippen LogP contribution in [-0.4, -0.2) is 50.6 Å². The van der Waals surface area contributed by atoms with Gasteiger partial charge in [-0.05, 0) is 35.4 Å². The molecule has 4 aromatic rings. The number of para-hydroxylation sites is 2. The van der Waals surface area contributed by atoms with Gasteiger partial charge in [0.05, 0.1) is 41.5 Å². The van der Waals surface area contributed by atoms with E-state index in [-0.39, 0.29) is 11.0 Å². The van der Waals surface area contributed by atoms with Gasteiger partial charge in [0.1, 0.15) is 11.3 Å². The van der Waals surface area contributed by atoms with Crippen molar-refractivity contribution in [3.8, 4) is 17.0 Å². The predicted octanol–water partition coefficient (Wildman–Crippen LogP) is 4.68. The van der Waals surface area contributed by atoms with Crippen molar-refractivity contribution in [1.29, 1.82) is 0 Å². The fourth-order valence-corrected chi connectivity index (χ4v) is 7.79. The van der Waals surface area contributed by atoms with Gasteiger partial charge < -0.3 is 4.74 Å². The lowest BCUT2D eigenvalue weighted by atomic mass is 9.73. The molecule has 1 aromatic heterocycles. The lowest BCUT2D eigenvalue weighted by Gasteiger charge is -2.38. The summed E-state index contributed by atoms with van der Waals surface area (Å²) in [5.74, 6) is 1.74. The Kier molecular flexibility index (Phi) is 4.47. The molecule has 174 valence electrons. The lowest BCUT2D eigenvalue weighted by molar-refractivity contribution is -0.527. The van der Waals surface area contributed by atoms with Gasteiger partial charge >= 0.3 is 0 Å². The number of thioether (sulfide) groups is 1. The van der Waals surface area contributed by atoms with Crippen LogP contribution in [0.2, 0.25) is 0 Å². The third-order valence-corrected chi connectivity index (χ3v) is 8.84. The van der Waals surface area contributed by atoms with E-state index in [9.17, 15) is 10.1 Å². The maximum absolute atomic E-state index is 12.7. The van der Waals surface area contributed by atoms with Crippen LogP contribution in [0.5, 0.6) is 5.75 Å². The van der Waals surface area contributed by atoms with Gasteiger partial charge in [-0.2, -0.15) is 0 Å². The number of rotatable bonds is 3. The average Bonchev–Trinajstić information content (AvgIpc) is 3.55. The van der Waals surface area contributed by atoms with Crippen molar-refractivity contribution in [2.45, 2.75) is 23.5 Å². The van der Waals surface area contributed by atoms with Crippen molar-refractivity contribution in [2.75, 3.05) is 18.7 Å². The molecule has 0 unspecified atom stereocenters. The Bertz CT molecular complexity index is 1490. The SMILES string of the molecule is COc1ccc([C@H]2[C@H]([N+](=O)[O-])[C@@H]3CSCN3[C@]23c2ccccc2-c2nc4ccccc4nc23)cc1. The van der Waals surface area contributed by atoms with Gasteiger partial charge in [0.15, 0.2) is 0 Å². The standard InChI is InChI=1S/C27H22N4O3S/c1-34-17-12-10-16(11-13-17)23-25(31(32)33)22-14-35-15-30(22)27(23)19-7-3-2-6-18(19)24-26(27)29-21-9-5-4-8-20(21)28-24/h2-13,22-23,25H,14-15H2,1H3/t22-,23-,25+,27+/m0/s1. The van der Waals surface area contributed by atoms with Gasteiger partial charge in [0.2, 0.25) is 6.04 Å². The van der Waals surface area contributed by atoms with Crippen LogP contribution in [0.15, 0.2) is 72.8 Å². The topological polar surface area (TPSA) is 81.4 Å². The first-order valence-corrected chi connectivity index (χ1v) is 12.8. The Morgan fingerprint density at radius 2 is 1.74 bits per heavy atom. The number of hydrogen-bond acceptors (Lipinski definition) is 7. The molecule has 3 aromatic carbocycles. The third kappa shape index (κ3) is 2.66. The first kappa shape index (κ1) is 20.8. The zero-order chi connectivity index (χ0) is 23.7. The number of benzene rings is 3. The van der Waals surface area contributed by atoms with E-state index in [1.54, 1.807) is 18.9 Å². The molecule has 7 rings (SSSR count). The highest BCUT2D eigenvalue weighted by molar-refractivity contribution is 7.99. The van der Waals surface area contributed by atoms with Crippen molar-refractivity contribution in [2.24, 2.45) is 0 Å². The summed E-state index contributed by atoms with van der Waals surface area (Å²) in [5, 5.41) is 12.7. The Morgan fingerprint density at radius 1 is 1.03 bits per heavy atom. The van der Waals surface area contributed by atoms with Crippen molar-refractivity contribution < 1.29 is 9.66 Å². The van der Waals surface area contributed by atoms with Crippen molar-refractivity contribution >= 4 is 22.8 Å². The lowest BCUT2D eigenvalue weighted by Crippen LogP contribution is -2.45. The van der Waals surface area contributed by atoms with Crippen LogP contribution in [0.1, 0.15) is 22.7 Å². The van der Waals surface area contributed by atoms with E-state index in [2.05, 4.69) is 17.0 Å². The number of ether oxygens (including phenoxy) is 1. The zero-order valence-corrected chi connectivity index (χ0v) is 19.8. The summed E-state index contributed by atoms with van der Waals surface area (Å²) in [5.41, 5.74) is 5.51. The Balaban J connectivity index is 1.59. The summed E-state index contributed by atoms with van der Waals surface area (Å²) < 4.78 is 5.39. The average molecular weight is 483 g/mol. The summed E-state index contributed by atoms with van der Waals surface area (Å²) in [4.78, 5) is 25.3. The molecular formula is C27H22N4O3S. The summed E-state index contributed by atoms with van der Waals surface area (Å²) in [6, 6.07) is 22.9. The third-order valence-electron chi connectivity index (χ3n) is 7.80. The summed E-state index contributed by atoms with van der Waals surface area (Å²) in [6.45, 7) is 0. The number of methoxy groups -OCH3 is 1.